The van der Waals surface area contributed by atoms with Gasteiger partial charge in [-0.3, -0.25) is 9.88 Å². The molecule has 2 aromatic heterocycles. The predicted octanol–water partition coefficient (Wildman–Crippen LogP) is 2.75. The minimum absolute atomic E-state index is 0.845. The van der Waals surface area contributed by atoms with Crippen LogP contribution in [0, 0.1) is 0 Å². The molecule has 0 bridgehead atoms. The first-order valence-electron chi connectivity index (χ1n) is 6.74. The molecule has 0 aliphatic rings. The van der Waals surface area contributed by atoms with Crippen LogP contribution in [0.1, 0.15) is 17.5 Å². The molecule has 0 radical (unpaired) electrons. The Balaban J connectivity index is 1.66. The number of hydrogen-bond acceptors (Lipinski definition) is 4. The molecule has 102 valence electrons. The minimum atomic E-state index is 0.845. The van der Waals surface area contributed by atoms with E-state index >= 15 is 0 Å². The molecule has 0 spiro atoms. The van der Waals surface area contributed by atoms with Gasteiger partial charge in [-0.15, -0.1) is 11.3 Å². The van der Waals surface area contributed by atoms with Crippen LogP contribution in [-0.2, 0) is 13.1 Å². The van der Waals surface area contributed by atoms with Gasteiger partial charge in [0, 0.05) is 37.3 Å². The van der Waals surface area contributed by atoms with Gasteiger partial charge >= 0.3 is 0 Å². The van der Waals surface area contributed by atoms with Gasteiger partial charge in [-0.05, 0) is 30.1 Å². The maximum Gasteiger partial charge on any atom is 0.0541 e. The molecular weight excluding hydrogens is 254 g/mol. The lowest BCUT2D eigenvalue weighted by Crippen LogP contribution is -2.31. The van der Waals surface area contributed by atoms with Gasteiger partial charge in [0.1, 0.15) is 0 Å². The highest BCUT2D eigenvalue weighted by atomic mass is 32.1. The molecule has 19 heavy (non-hydrogen) atoms. The Kier molecular flexibility index (Phi) is 6.01. The van der Waals surface area contributed by atoms with Crippen molar-refractivity contribution in [3.8, 4) is 0 Å². The first-order valence-corrected chi connectivity index (χ1v) is 7.62. The van der Waals surface area contributed by atoms with Crippen molar-refractivity contribution >= 4 is 11.3 Å². The topological polar surface area (TPSA) is 28.2 Å². The van der Waals surface area contributed by atoms with Crippen LogP contribution in [0.4, 0.5) is 0 Å². The van der Waals surface area contributed by atoms with E-state index in [1.165, 1.54) is 4.88 Å². The van der Waals surface area contributed by atoms with E-state index in [4.69, 9.17) is 0 Å². The lowest BCUT2D eigenvalue weighted by Gasteiger charge is -2.19. The summed E-state index contributed by atoms with van der Waals surface area (Å²) in [5, 5.41) is 5.59. The van der Waals surface area contributed by atoms with Crippen LogP contribution in [0.3, 0.4) is 0 Å². The number of thiophene rings is 1. The molecule has 0 saturated carbocycles. The van der Waals surface area contributed by atoms with E-state index in [0.29, 0.717) is 0 Å². The second kappa shape index (κ2) is 8.04. The highest BCUT2D eigenvalue weighted by molar-refractivity contribution is 7.09. The second-order valence-corrected chi connectivity index (χ2v) is 5.48. The maximum atomic E-state index is 4.30. The Hall–Kier alpha value is -1.23. The fourth-order valence-electron chi connectivity index (χ4n) is 1.93. The summed E-state index contributed by atoms with van der Waals surface area (Å²) in [5.74, 6) is 0. The van der Waals surface area contributed by atoms with E-state index in [1.807, 2.05) is 29.7 Å². The summed E-state index contributed by atoms with van der Waals surface area (Å²) in [6.07, 6.45) is 1.84. The van der Waals surface area contributed by atoms with Gasteiger partial charge in [-0.2, -0.15) is 0 Å². The van der Waals surface area contributed by atoms with Crippen LogP contribution in [-0.4, -0.2) is 29.5 Å². The fourth-order valence-corrected chi connectivity index (χ4v) is 2.67. The number of likely N-dealkylation sites (N-methyl/N-ethyl adjacent to an activating group) is 1. The molecule has 2 rings (SSSR count). The second-order valence-electron chi connectivity index (χ2n) is 4.45. The number of nitrogens with one attached hydrogen (secondary N) is 1. The largest absolute Gasteiger partial charge is 0.310 e. The third-order valence-corrected chi connectivity index (χ3v) is 3.90. The summed E-state index contributed by atoms with van der Waals surface area (Å²) >= 11 is 1.83. The van der Waals surface area contributed by atoms with Crippen LogP contribution in [0.5, 0.6) is 0 Å². The Labute approximate surface area is 119 Å². The molecule has 0 aliphatic carbocycles. The van der Waals surface area contributed by atoms with Crippen molar-refractivity contribution in [2.45, 2.75) is 20.0 Å². The molecule has 0 amide bonds. The van der Waals surface area contributed by atoms with Gasteiger partial charge in [-0.25, -0.2) is 0 Å². The molecular formula is C15H21N3S. The van der Waals surface area contributed by atoms with Crippen LogP contribution in [0.25, 0.3) is 0 Å². The standard InChI is InChI=1S/C15H21N3S/c1-2-18(13-15-7-5-11-19-15)10-9-16-12-14-6-3-4-8-17-14/h3-8,11,16H,2,9-10,12-13H2,1H3. The first kappa shape index (κ1) is 14.2. The van der Waals surface area contributed by atoms with E-state index in [9.17, 15) is 0 Å². The number of aromatic nitrogens is 1. The van der Waals surface area contributed by atoms with Crippen molar-refractivity contribution in [1.82, 2.24) is 15.2 Å². The van der Waals surface area contributed by atoms with E-state index in [2.05, 4.69) is 45.7 Å². The molecule has 0 fully saturated rings. The Morgan fingerprint density at radius 3 is 2.89 bits per heavy atom. The average Bonchev–Trinajstić information content (AvgIpc) is 2.96. The number of pyridine rings is 1. The van der Waals surface area contributed by atoms with Crippen LogP contribution in [0.15, 0.2) is 41.9 Å². The molecule has 0 aromatic carbocycles. The summed E-state index contributed by atoms with van der Waals surface area (Å²) in [6.45, 7) is 7.27. The Bertz CT molecular complexity index is 442. The Morgan fingerprint density at radius 2 is 2.21 bits per heavy atom. The molecule has 2 aromatic rings. The SMILES string of the molecule is CCN(CCNCc1ccccn1)Cc1cccs1. The van der Waals surface area contributed by atoms with Crippen molar-refractivity contribution in [3.05, 3.63) is 52.5 Å². The maximum absolute atomic E-state index is 4.30. The molecule has 0 unspecified atom stereocenters. The highest BCUT2D eigenvalue weighted by Gasteiger charge is 2.03. The van der Waals surface area contributed by atoms with Gasteiger partial charge in [0.25, 0.3) is 0 Å². The highest BCUT2D eigenvalue weighted by Crippen LogP contribution is 2.11. The van der Waals surface area contributed by atoms with E-state index < -0.39 is 0 Å². The van der Waals surface area contributed by atoms with Crippen molar-refractivity contribution in [2.75, 3.05) is 19.6 Å². The molecule has 2 heterocycles. The van der Waals surface area contributed by atoms with Gasteiger partial charge < -0.3 is 5.32 Å². The zero-order valence-electron chi connectivity index (χ0n) is 11.4. The van der Waals surface area contributed by atoms with Crippen molar-refractivity contribution in [1.29, 1.82) is 0 Å². The van der Waals surface area contributed by atoms with Crippen molar-refractivity contribution in [3.63, 3.8) is 0 Å². The Morgan fingerprint density at radius 1 is 1.26 bits per heavy atom. The van der Waals surface area contributed by atoms with Gasteiger partial charge in [0.15, 0.2) is 0 Å². The van der Waals surface area contributed by atoms with E-state index in [-0.39, 0.29) is 0 Å². The third-order valence-electron chi connectivity index (χ3n) is 3.04. The number of rotatable bonds is 8. The molecule has 0 atom stereocenters. The normalized spacial score (nSPS) is 11.1. The smallest absolute Gasteiger partial charge is 0.0541 e. The summed E-state index contributed by atoms with van der Waals surface area (Å²) in [6, 6.07) is 10.3. The van der Waals surface area contributed by atoms with Gasteiger partial charge in [-0.1, -0.05) is 19.1 Å². The number of hydrogen-bond donors (Lipinski definition) is 1. The lowest BCUT2D eigenvalue weighted by atomic mass is 10.3. The zero-order valence-corrected chi connectivity index (χ0v) is 12.2. The van der Waals surface area contributed by atoms with Crippen molar-refractivity contribution in [2.24, 2.45) is 0 Å². The van der Waals surface area contributed by atoms with Crippen LogP contribution >= 0.6 is 11.3 Å². The fraction of sp³-hybridized carbons (Fsp3) is 0.400. The van der Waals surface area contributed by atoms with Gasteiger partial charge in [0.05, 0.1) is 5.69 Å². The first-order chi connectivity index (χ1) is 9.38. The van der Waals surface area contributed by atoms with Crippen LogP contribution in [0.2, 0.25) is 0 Å². The quantitative estimate of drug-likeness (QED) is 0.751. The lowest BCUT2D eigenvalue weighted by molar-refractivity contribution is 0.281. The summed E-state index contributed by atoms with van der Waals surface area (Å²) in [4.78, 5) is 8.19. The summed E-state index contributed by atoms with van der Waals surface area (Å²) in [7, 11) is 0. The number of nitrogens with zero attached hydrogens (tertiary/aromatic N) is 2. The summed E-state index contributed by atoms with van der Waals surface area (Å²) < 4.78 is 0. The van der Waals surface area contributed by atoms with Crippen molar-refractivity contribution < 1.29 is 0 Å². The molecule has 1 N–H and O–H groups in total. The molecule has 0 saturated heterocycles. The monoisotopic (exact) mass is 275 g/mol. The summed E-state index contributed by atoms with van der Waals surface area (Å²) in [5.41, 5.74) is 1.10. The van der Waals surface area contributed by atoms with E-state index in [1.54, 1.807) is 0 Å². The minimum Gasteiger partial charge on any atom is -0.310 e. The molecule has 0 aliphatic heterocycles. The predicted molar refractivity (Wildman–Crippen MR) is 81.2 cm³/mol. The molecule has 3 nitrogen and oxygen atoms in total. The van der Waals surface area contributed by atoms with Gasteiger partial charge in [0.2, 0.25) is 0 Å². The molecule has 4 heteroatoms. The zero-order chi connectivity index (χ0) is 13.3. The average molecular weight is 275 g/mol. The van der Waals surface area contributed by atoms with Crippen LogP contribution < -0.4 is 5.32 Å². The van der Waals surface area contributed by atoms with E-state index in [0.717, 1.165) is 38.4 Å². The third kappa shape index (κ3) is 5.11.